The second-order valence-corrected chi connectivity index (χ2v) is 7.99. The van der Waals surface area contributed by atoms with Gasteiger partial charge in [-0.05, 0) is 36.2 Å². The van der Waals surface area contributed by atoms with Gasteiger partial charge < -0.3 is 5.73 Å². The highest BCUT2D eigenvalue weighted by molar-refractivity contribution is 7.90. The number of rotatable bonds is 5. The number of carbonyl (C=O) groups is 1. The van der Waals surface area contributed by atoms with Crippen LogP contribution in [-0.2, 0) is 16.3 Å². The lowest BCUT2D eigenvalue weighted by Crippen LogP contribution is -2.12. The molecule has 2 N–H and O–H groups in total. The van der Waals surface area contributed by atoms with Gasteiger partial charge in [-0.3, -0.25) is 4.79 Å². The number of carbonyl (C=O) groups excluding carboxylic acids is 1. The molecule has 0 fully saturated rings. The SMILES string of the molecule is CCc1ccccc1-n1nc(C(N)=O)cc1-c1ccc(S(C)(=O)=O)cc1. The second-order valence-electron chi connectivity index (χ2n) is 5.97. The Morgan fingerprint density at radius 1 is 1.12 bits per heavy atom. The standard InChI is InChI=1S/C19H19N3O3S/c1-3-13-6-4-5-7-17(13)22-18(12-16(21-22)19(20)23)14-8-10-15(11-9-14)26(2,24)25/h4-12H,3H2,1-2H3,(H2,20,23). The smallest absolute Gasteiger partial charge is 0.269 e. The van der Waals surface area contributed by atoms with Gasteiger partial charge in [0.2, 0.25) is 0 Å². The number of sulfone groups is 1. The molecule has 0 spiro atoms. The van der Waals surface area contributed by atoms with Gasteiger partial charge in [0.05, 0.1) is 16.3 Å². The van der Waals surface area contributed by atoms with E-state index in [2.05, 4.69) is 5.10 Å². The van der Waals surface area contributed by atoms with Crippen molar-refractivity contribution >= 4 is 15.7 Å². The zero-order chi connectivity index (χ0) is 18.9. The van der Waals surface area contributed by atoms with Gasteiger partial charge in [-0.25, -0.2) is 13.1 Å². The molecule has 1 amide bonds. The highest BCUT2D eigenvalue weighted by Crippen LogP contribution is 2.27. The molecule has 0 bridgehead atoms. The van der Waals surface area contributed by atoms with Gasteiger partial charge in [0.15, 0.2) is 15.5 Å². The summed E-state index contributed by atoms with van der Waals surface area (Å²) in [5.41, 5.74) is 8.89. The van der Waals surface area contributed by atoms with Gasteiger partial charge in [0.1, 0.15) is 0 Å². The van der Waals surface area contributed by atoms with E-state index < -0.39 is 15.7 Å². The van der Waals surface area contributed by atoms with E-state index in [4.69, 9.17) is 5.73 Å². The number of hydrogen-bond donors (Lipinski definition) is 1. The highest BCUT2D eigenvalue weighted by Gasteiger charge is 2.17. The van der Waals surface area contributed by atoms with E-state index in [1.807, 2.05) is 31.2 Å². The van der Waals surface area contributed by atoms with E-state index in [9.17, 15) is 13.2 Å². The van der Waals surface area contributed by atoms with Crippen LogP contribution in [0.2, 0.25) is 0 Å². The highest BCUT2D eigenvalue weighted by atomic mass is 32.2. The zero-order valence-electron chi connectivity index (χ0n) is 14.5. The van der Waals surface area contributed by atoms with Crippen molar-refractivity contribution in [1.82, 2.24) is 9.78 Å². The first-order valence-corrected chi connectivity index (χ1v) is 9.99. The first kappa shape index (κ1) is 17.9. The minimum Gasteiger partial charge on any atom is -0.364 e. The lowest BCUT2D eigenvalue weighted by Gasteiger charge is -2.12. The second kappa shape index (κ2) is 6.76. The Bertz CT molecular complexity index is 1070. The number of benzene rings is 2. The van der Waals surface area contributed by atoms with Crippen LogP contribution < -0.4 is 5.73 Å². The van der Waals surface area contributed by atoms with Gasteiger partial charge in [-0.1, -0.05) is 37.3 Å². The average molecular weight is 369 g/mol. The predicted molar refractivity (Wildman–Crippen MR) is 100 cm³/mol. The number of amides is 1. The van der Waals surface area contributed by atoms with Crippen molar-refractivity contribution in [3.05, 3.63) is 65.9 Å². The Morgan fingerprint density at radius 2 is 1.77 bits per heavy atom. The maximum atomic E-state index is 11.7. The van der Waals surface area contributed by atoms with Crippen molar-refractivity contribution in [1.29, 1.82) is 0 Å². The van der Waals surface area contributed by atoms with Crippen molar-refractivity contribution in [3.8, 4) is 16.9 Å². The maximum absolute atomic E-state index is 11.7. The maximum Gasteiger partial charge on any atom is 0.269 e. The fourth-order valence-corrected chi connectivity index (χ4v) is 3.41. The molecular formula is C19H19N3O3S. The summed E-state index contributed by atoms with van der Waals surface area (Å²) in [6.07, 6.45) is 1.96. The number of primary amides is 1. The summed E-state index contributed by atoms with van der Waals surface area (Å²) in [7, 11) is -3.28. The van der Waals surface area contributed by atoms with E-state index >= 15 is 0 Å². The predicted octanol–water partition coefficient (Wildman–Crippen LogP) is 2.60. The third-order valence-corrected chi connectivity index (χ3v) is 5.27. The van der Waals surface area contributed by atoms with Crippen LogP contribution in [0, 0.1) is 0 Å². The molecule has 3 rings (SSSR count). The van der Waals surface area contributed by atoms with Crippen LogP contribution in [0.15, 0.2) is 59.5 Å². The van der Waals surface area contributed by atoms with Crippen LogP contribution in [0.3, 0.4) is 0 Å². The van der Waals surface area contributed by atoms with Gasteiger partial charge in [-0.2, -0.15) is 5.10 Å². The number of para-hydroxylation sites is 1. The first-order chi connectivity index (χ1) is 12.3. The summed E-state index contributed by atoms with van der Waals surface area (Å²) >= 11 is 0. The third-order valence-electron chi connectivity index (χ3n) is 4.14. The molecule has 26 heavy (non-hydrogen) atoms. The molecule has 0 saturated heterocycles. The minimum atomic E-state index is -3.28. The first-order valence-electron chi connectivity index (χ1n) is 8.10. The van der Waals surface area contributed by atoms with Gasteiger partial charge in [0, 0.05) is 11.8 Å². The Kier molecular flexibility index (Phi) is 4.65. The summed E-state index contributed by atoms with van der Waals surface area (Å²) in [5, 5.41) is 4.36. The van der Waals surface area contributed by atoms with Crippen LogP contribution in [0.5, 0.6) is 0 Å². The number of hydrogen-bond acceptors (Lipinski definition) is 4. The third kappa shape index (κ3) is 3.39. The summed E-state index contributed by atoms with van der Waals surface area (Å²) in [5.74, 6) is -0.619. The van der Waals surface area contributed by atoms with Crippen molar-refractivity contribution in [2.45, 2.75) is 18.2 Å². The fourth-order valence-electron chi connectivity index (χ4n) is 2.78. The molecule has 0 radical (unpaired) electrons. The summed E-state index contributed by atoms with van der Waals surface area (Å²) in [6, 6.07) is 15.9. The molecule has 0 aliphatic heterocycles. The van der Waals surface area contributed by atoms with E-state index in [1.54, 1.807) is 22.9 Å². The van der Waals surface area contributed by atoms with Crippen LogP contribution in [-0.4, -0.2) is 30.4 Å². The van der Waals surface area contributed by atoms with E-state index in [0.717, 1.165) is 29.5 Å². The molecule has 6 nitrogen and oxygen atoms in total. The summed E-state index contributed by atoms with van der Waals surface area (Å²) in [6.45, 7) is 2.04. The molecule has 0 aliphatic rings. The molecule has 0 aliphatic carbocycles. The van der Waals surface area contributed by atoms with Crippen LogP contribution in [0.4, 0.5) is 0 Å². The van der Waals surface area contributed by atoms with Crippen LogP contribution >= 0.6 is 0 Å². The van der Waals surface area contributed by atoms with Crippen molar-refractivity contribution in [3.63, 3.8) is 0 Å². The van der Waals surface area contributed by atoms with Gasteiger partial charge >= 0.3 is 0 Å². The minimum absolute atomic E-state index is 0.151. The van der Waals surface area contributed by atoms with E-state index in [0.29, 0.717) is 5.69 Å². The fraction of sp³-hybridized carbons (Fsp3) is 0.158. The summed E-state index contributed by atoms with van der Waals surface area (Å²) < 4.78 is 25.0. The Hall–Kier alpha value is -2.93. The van der Waals surface area contributed by atoms with E-state index in [1.165, 1.54) is 12.1 Å². The number of nitrogens with two attached hydrogens (primary N) is 1. The summed E-state index contributed by atoms with van der Waals surface area (Å²) in [4.78, 5) is 11.9. The topological polar surface area (TPSA) is 95.1 Å². The number of nitrogens with zero attached hydrogens (tertiary/aromatic N) is 2. The number of aromatic nitrogens is 2. The lowest BCUT2D eigenvalue weighted by molar-refractivity contribution is 0.0995. The van der Waals surface area contributed by atoms with E-state index in [-0.39, 0.29) is 10.6 Å². The normalized spacial score (nSPS) is 11.5. The molecule has 0 unspecified atom stereocenters. The molecule has 3 aromatic rings. The quantitative estimate of drug-likeness (QED) is 0.748. The Morgan fingerprint density at radius 3 is 2.35 bits per heavy atom. The molecule has 1 heterocycles. The largest absolute Gasteiger partial charge is 0.364 e. The molecule has 2 aromatic carbocycles. The average Bonchev–Trinajstić information content (AvgIpc) is 3.06. The molecule has 1 aromatic heterocycles. The van der Waals surface area contributed by atoms with Gasteiger partial charge in [0.25, 0.3) is 5.91 Å². The van der Waals surface area contributed by atoms with Gasteiger partial charge in [-0.15, -0.1) is 0 Å². The molecule has 0 atom stereocenters. The lowest BCUT2D eigenvalue weighted by atomic mass is 10.1. The van der Waals surface area contributed by atoms with Crippen molar-refractivity contribution in [2.24, 2.45) is 5.73 Å². The van der Waals surface area contributed by atoms with Crippen molar-refractivity contribution < 1.29 is 13.2 Å². The molecular weight excluding hydrogens is 350 g/mol. The number of aryl methyl sites for hydroxylation is 1. The Labute approximate surface area is 152 Å². The van der Waals surface area contributed by atoms with Crippen molar-refractivity contribution in [2.75, 3.05) is 6.26 Å². The molecule has 0 saturated carbocycles. The van der Waals surface area contributed by atoms with Crippen LogP contribution in [0.25, 0.3) is 16.9 Å². The molecule has 134 valence electrons. The molecule has 7 heteroatoms. The Balaban J connectivity index is 2.19. The van der Waals surface area contributed by atoms with Crippen LogP contribution in [0.1, 0.15) is 23.0 Å². The zero-order valence-corrected chi connectivity index (χ0v) is 15.3. The monoisotopic (exact) mass is 369 g/mol.